The van der Waals surface area contributed by atoms with Crippen LogP contribution in [0.2, 0.25) is 5.02 Å². The lowest BCUT2D eigenvalue weighted by atomic mass is 10.3. The zero-order valence-electron chi connectivity index (χ0n) is 9.33. The molecule has 0 spiro atoms. The molecule has 3 aromatic rings. The second kappa shape index (κ2) is 3.96. The molecule has 0 radical (unpaired) electrons. The molecular formula is C12H8ClFN2OS. The molecule has 6 heteroatoms. The van der Waals surface area contributed by atoms with Crippen molar-refractivity contribution < 1.29 is 8.81 Å². The first-order valence-corrected chi connectivity index (χ1v) is 6.36. The molecule has 0 bridgehead atoms. The van der Waals surface area contributed by atoms with Gasteiger partial charge in [0.25, 0.3) is 0 Å². The van der Waals surface area contributed by atoms with Gasteiger partial charge in [0, 0.05) is 10.9 Å². The van der Waals surface area contributed by atoms with Crippen molar-refractivity contribution in [2.24, 2.45) is 0 Å². The first kappa shape index (κ1) is 11.5. The van der Waals surface area contributed by atoms with Crippen molar-refractivity contribution in [2.75, 3.05) is 5.73 Å². The van der Waals surface area contributed by atoms with Gasteiger partial charge < -0.3 is 10.2 Å². The average Bonchev–Trinajstić information content (AvgIpc) is 2.82. The van der Waals surface area contributed by atoms with Gasteiger partial charge in [0.2, 0.25) is 5.89 Å². The Kier molecular flexibility index (Phi) is 2.53. The first-order chi connectivity index (χ1) is 8.54. The zero-order chi connectivity index (χ0) is 12.9. The van der Waals surface area contributed by atoms with Crippen LogP contribution in [-0.4, -0.2) is 4.98 Å². The van der Waals surface area contributed by atoms with E-state index in [1.807, 2.05) is 13.0 Å². The van der Waals surface area contributed by atoms with Gasteiger partial charge in [0.1, 0.15) is 11.3 Å². The molecule has 0 saturated carbocycles. The number of oxazole rings is 1. The second-order valence-electron chi connectivity index (χ2n) is 3.89. The van der Waals surface area contributed by atoms with Crippen LogP contribution in [0.25, 0.3) is 22.6 Å². The number of nitrogens with two attached hydrogens (primary N) is 1. The standard InChI is InChI=1S/C12H8ClFN2OS/c1-5-2-6(11(15)18-5)12-16-9-3-7(13)8(14)4-10(9)17-12/h2-4H,15H2,1H3. The van der Waals surface area contributed by atoms with E-state index < -0.39 is 5.82 Å². The monoisotopic (exact) mass is 282 g/mol. The first-order valence-electron chi connectivity index (χ1n) is 5.16. The lowest BCUT2D eigenvalue weighted by molar-refractivity contribution is 0.603. The summed E-state index contributed by atoms with van der Waals surface area (Å²) in [7, 11) is 0. The van der Waals surface area contributed by atoms with E-state index in [-0.39, 0.29) is 5.02 Å². The summed E-state index contributed by atoms with van der Waals surface area (Å²) in [5.41, 5.74) is 7.47. The average molecular weight is 283 g/mol. The highest BCUT2D eigenvalue weighted by molar-refractivity contribution is 7.16. The molecule has 0 saturated heterocycles. The van der Waals surface area contributed by atoms with Crippen LogP contribution < -0.4 is 5.73 Å². The summed E-state index contributed by atoms with van der Waals surface area (Å²) in [6.45, 7) is 1.95. The lowest BCUT2D eigenvalue weighted by Crippen LogP contribution is -1.82. The van der Waals surface area contributed by atoms with E-state index in [1.54, 1.807) is 0 Å². The van der Waals surface area contributed by atoms with Gasteiger partial charge in [0.05, 0.1) is 15.6 Å². The van der Waals surface area contributed by atoms with Gasteiger partial charge in [0.15, 0.2) is 5.58 Å². The van der Waals surface area contributed by atoms with Gasteiger partial charge >= 0.3 is 0 Å². The van der Waals surface area contributed by atoms with Crippen LogP contribution in [-0.2, 0) is 0 Å². The highest BCUT2D eigenvalue weighted by Gasteiger charge is 2.15. The molecule has 0 aliphatic carbocycles. The number of rotatable bonds is 1. The number of thiophene rings is 1. The Morgan fingerprint density at radius 3 is 2.83 bits per heavy atom. The van der Waals surface area contributed by atoms with Crippen molar-refractivity contribution in [3.8, 4) is 11.5 Å². The Morgan fingerprint density at radius 1 is 1.39 bits per heavy atom. The van der Waals surface area contributed by atoms with Crippen LogP contribution in [0.1, 0.15) is 4.88 Å². The van der Waals surface area contributed by atoms with E-state index >= 15 is 0 Å². The van der Waals surface area contributed by atoms with Crippen LogP contribution in [0, 0.1) is 12.7 Å². The predicted octanol–water partition coefficient (Wildman–Crippen LogP) is 4.24. The summed E-state index contributed by atoms with van der Waals surface area (Å²) < 4.78 is 18.8. The van der Waals surface area contributed by atoms with Crippen molar-refractivity contribution in [1.29, 1.82) is 0 Å². The summed E-state index contributed by atoms with van der Waals surface area (Å²) in [5.74, 6) is -0.144. The van der Waals surface area contributed by atoms with Crippen molar-refractivity contribution >= 4 is 39.0 Å². The van der Waals surface area contributed by atoms with Crippen molar-refractivity contribution in [3.63, 3.8) is 0 Å². The molecule has 0 aliphatic rings. The normalized spacial score (nSPS) is 11.3. The van der Waals surface area contributed by atoms with E-state index in [1.165, 1.54) is 23.5 Å². The smallest absolute Gasteiger partial charge is 0.230 e. The van der Waals surface area contributed by atoms with Crippen LogP contribution in [0.5, 0.6) is 0 Å². The molecule has 0 fully saturated rings. The molecule has 2 heterocycles. The topological polar surface area (TPSA) is 52.0 Å². The van der Waals surface area contributed by atoms with Crippen LogP contribution in [0.15, 0.2) is 22.6 Å². The fourth-order valence-corrected chi connectivity index (χ4v) is 2.68. The van der Waals surface area contributed by atoms with Crippen LogP contribution >= 0.6 is 22.9 Å². The summed E-state index contributed by atoms with van der Waals surface area (Å²) in [6, 6.07) is 4.56. The van der Waals surface area contributed by atoms with E-state index in [4.69, 9.17) is 21.8 Å². The predicted molar refractivity (Wildman–Crippen MR) is 71.4 cm³/mol. The van der Waals surface area contributed by atoms with Gasteiger partial charge in [-0.25, -0.2) is 9.37 Å². The van der Waals surface area contributed by atoms with E-state index in [2.05, 4.69) is 4.98 Å². The third-order valence-electron chi connectivity index (χ3n) is 2.54. The fraction of sp³-hybridized carbons (Fsp3) is 0.0833. The minimum Gasteiger partial charge on any atom is -0.436 e. The number of anilines is 1. The number of hydrogen-bond acceptors (Lipinski definition) is 4. The Balaban J connectivity index is 2.22. The Morgan fingerprint density at radius 2 is 2.17 bits per heavy atom. The molecule has 0 amide bonds. The summed E-state index contributed by atoms with van der Waals surface area (Å²) in [6.07, 6.45) is 0. The van der Waals surface area contributed by atoms with Crippen molar-refractivity contribution in [3.05, 3.63) is 33.9 Å². The number of aryl methyl sites for hydroxylation is 1. The molecule has 92 valence electrons. The molecule has 2 aromatic heterocycles. The van der Waals surface area contributed by atoms with Gasteiger partial charge in [-0.15, -0.1) is 11.3 Å². The van der Waals surface area contributed by atoms with Crippen LogP contribution in [0.4, 0.5) is 9.39 Å². The highest BCUT2D eigenvalue weighted by atomic mass is 35.5. The number of nitrogens with zero attached hydrogens (tertiary/aromatic N) is 1. The highest BCUT2D eigenvalue weighted by Crippen LogP contribution is 2.35. The van der Waals surface area contributed by atoms with E-state index in [9.17, 15) is 4.39 Å². The van der Waals surface area contributed by atoms with Gasteiger partial charge in [-0.2, -0.15) is 0 Å². The molecule has 3 rings (SSSR count). The van der Waals surface area contributed by atoms with Gasteiger partial charge in [-0.1, -0.05) is 11.6 Å². The van der Waals surface area contributed by atoms with Crippen molar-refractivity contribution in [2.45, 2.75) is 6.92 Å². The number of fused-ring (bicyclic) bond motifs is 1. The third-order valence-corrected chi connectivity index (χ3v) is 3.71. The van der Waals surface area contributed by atoms with Gasteiger partial charge in [-0.05, 0) is 19.1 Å². The molecular weight excluding hydrogens is 275 g/mol. The molecule has 0 unspecified atom stereocenters. The third kappa shape index (κ3) is 1.76. The quantitative estimate of drug-likeness (QED) is 0.726. The molecule has 0 aliphatic heterocycles. The van der Waals surface area contributed by atoms with E-state index in [0.717, 1.165) is 10.4 Å². The number of hydrogen-bond donors (Lipinski definition) is 1. The van der Waals surface area contributed by atoms with Crippen LogP contribution in [0.3, 0.4) is 0 Å². The molecule has 18 heavy (non-hydrogen) atoms. The summed E-state index contributed by atoms with van der Waals surface area (Å²) in [4.78, 5) is 5.33. The Hall–Kier alpha value is -1.59. The van der Waals surface area contributed by atoms with E-state index in [0.29, 0.717) is 22.0 Å². The lowest BCUT2D eigenvalue weighted by Gasteiger charge is -1.91. The Labute approximate surface area is 111 Å². The SMILES string of the molecule is Cc1cc(-c2nc3cc(Cl)c(F)cc3o2)c(N)s1. The molecule has 1 aromatic carbocycles. The largest absolute Gasteiger partial charge is 0.436 e. The zero-order valence-corrected chi connectivity index (χ0v) is 10.9. The molecule has 3 nitrogen and oxygen atoms in total. The number of nitrogen functional groups attached to an aromatic ring is 1. The molecule has 2 N–H and O–H groups in total. The maximum atomic E-state index is 13.3. The minimum atomic E-state index is -0.527. The minimum absolute atomic E-state index is 0.0248. The summed E-state index contributed by atoms with van der Waals surface area (Å²) >= 11 is 7.16. The molecule has 0 atom stereocenters. The maximum absolute atomic E-state index is 13.3. The van der Waals surface area contributed by atoms with Crippen molar-refractivity contribution in [1.82, 2.24) is 4.98 Å². The number of benzene rings is 1. The second-order valence-corrected chi connectivity index (χ2v) is 5.58. The fourth-order valence-electron chi connectivity index (χ4n) is 1.74. The summed E-state index contributed by atoms with van der Waals surface area (Å²) in [5, 5.41) is 0.655. The Bertz CT molecular complexity index is 711. The number of aromatic nitrogens is 1. The number of halogens is 2. The van der Waals surface area contributed by atoms with Gasteiger partial charge in [-0.3, -0.25) is 0 Å². The maximum Gasteiger partial charge on any atom is 0.230 e.